The zero-order valence-electron chi connectivity index (χ0n) is 22.0. The molecule has 36 heavy (non-hydrogen) atoms. The van der Waals surface area contributed by atoms with Crippen LogP contribution >= 0.6 is 12.2 Å². The summed E-state index contributed by atoms with van der Waals surface area (Å²) in [7, 11) is 0. The first-order chi connectivity index (χ1) is 17.5. The quantitative estimate of drug-likeness (QED) is 0.484. The number of benzene rings is 1. The second-order valence-corrected chi connectivity index (χ2v) is 11.9. The molecular formula is C29H42N6S. The molecular weight excluding hydrogens is 464 g/mol. The summed E-state index contributed by atoms with van der Waals surface area (Å²) >= 11 is 5.78. The fourth-order valence-corrected chi connectivity index (χ4v) is 6.57. The molecule has 2 aliphatic heterocycles. The Bertz CT molecular complexity index is 981. The first-order valence-corrected chi connectivity index (χ1v) is 14.4. The Balaban J connectivity index is 1.32. The number of aromatic nitrogens is 2. The highest BCUT2D eigenvalue weighted by atomic mass is 32.1. The van der Waals surface area contributed by atoms with Crippen LogP contribution in [0.4, 0.5) is 17.6 Å². The van der Waals surface area contributed by atoms with Crippen molar-refractivity contribution in [1.82, 2.24) is 15.3 Å². The number of hydrogen-bond donors (Lipinski definition) is 2. The Hall–Kier alpha value is -2.41. The summed E-state index contributed by atoms with van der Waals surface area (Å²) in [6.07, 6.45) is 9.95. The standard InChI is InChI=1S/C29H42N6S/c1-22-10-8-16-34(19-22)25-18-26(35-17-9-11-23(2)20-35)32-27(31-25)33-28(36)30-21-29(14-6-7-15-29)24-12-4-3-5-13-24/h3-5,12-13,18,22-23H,6-11,14-17,19-21H2,1-2H3,(H2,30,31,32,33,36). The van der Waals surface area contributed by atoms with Crippen molar-refractivity contribution in [2.75, 3.05) is 47.8 Å². The minimum Gasteiger partial charge on any atom is -0.361 e. The predicted octanol–water partition coefficient (Wildman–Crippen LogP) is 5.75. The molecule has 1 saturated carbocycles. The predicted molar refractivity (Wildman–Crippen MR) is 154 cm³/mol. The third-order valence-corrected chi connectivity index (χ3v) is 8.67. The molecule has 2 unspecified atom stereocenters. The van der Waals surface area contributed by atoms with Crippen LogP contribution in [0, 0.1) is 11.8 Å². The lowest BCUT2D eigenvalue weighted by molar-refractivity contribution is 0.435. The van der Waals surface area contributed by atoms with E-state index in [9.17, 15) is 0 Å². The molecule has 6 nitrogen and oxygen atoms in total. The highest BCUT2D eigenvalue weighted by molar-refractivity contribution is 7.80. The molecule has 2 saturated heterocycles. The normalized spacial score (nSPS) is 23.9. The number of rotatable bonds is 6. The van der Waals surface area contributed by atoms with Gasteiger partial charge in [0.1, 0.15) is 11.6 Å². The summed E-state index contributed by atoms with van der Waals surface area (Å²) in [6, 6.07) is 13.1. The van der Waals surface area contributed by atoms with Crippen LogP contribution in [-0.4, -0.2) is 47.8 Å². The van der Waals surface area contributed by atoms with Crippen LogP contribution in [0.1, 0.15) is 70.8 Å². The van der Waals surface area contributed by atoms with Gasteiger partial charge in [-0.1, -0.05) is 57.0 Å². The van der Waals surface area contributed by atoms with Gasteiger partial charge in [0.15, 0.2) is 5.11 Å². The first kappa shape index (κ1) is 25.2. The third kappa shape index (κ3) is 5.93. The molecule has 0 radical (unpaired) electrons. The molecule has 0 amide bonds. The fourth-order valence-electron chi connectivity index (χ4n) is 6.40. The van der Waals surface area contributed by atoms with Gasteiger partial charge in [-0.2, -0.15) is 9.97 Å². The lowest BCUT2D eigenvalue weighted by atomic mass is 9.79. The van der Waals surface area contributed by atoms with E-state index in [1.807, 2.05) is 0 Å². The lowest BCUT2D eigenvalue weighted by Crippen LogP contribution is -2.41. The average Bonchev–Trinajstić information content (AvgIpc) is 3.38. The van der Waals surface area contributed by atoms with Crippen LogP contribution in [0.25, 0.3) is 0 Å². The molecule has 1 aromatic heterocycles. The van der Waals surface area contributed by atoms with E-state index in [4.69, 9.17) is 22.2 Å². The molecule has 5 rings (SSSR count). The lowest BCUT2D eigenvalue weighted by Gasteiger charge is -2.35. The molecule has 194 valence electrons. The van der Waals surface area contributed by atoms with Crippen LogP contribution < -0.4 is 20.4 Å². The highest BCUT2D eigenvalue weighted by Crippen LogP contribution is 2.40. The number of piperidine rings is 2. The Morgan fingerprint density at radius 3 is 2.06 bits per heavy atom. The Morgan fingerprint density at radius 1 is 0.917 bits per heavy atom. The summed E-state index contributed by atoms with van der Waals surface area (Å²) < 4.78 is 0. The van der Waals surface area contributed by atoms with Gasteiger partial charge in [-0.3, -0.25) is 0 Å². The van der Waals surface area contributed by atoms with Crippen LogP contribution in [0.3, 0.4) is 0 Å². The number of nitrogens with zero attached hydrogens (tertiary/aromatic N) is 4. The summed E-state index contributed by atoms with van der Waals surface area (Å²) in [4.78, 5) is 14.8. The van der Waals surface area contributed by atoms with Gasteiger partial charge in [-0.15, -0.1) is 0 Å². The highest BCUT2D eigenvalue weighted by Gasteiger charge is 2.35. The van der Waals surface area contributed by atoms with Crippen LogP contribution in [-0.2, 0) is 5.41 Å². The zero-order valence-corrected chi connectivity index (χ0v) is 22.8. The van der Waals surface area contributed by atoms with Crippen LogP contribution in [0.15, 0.2) is 36.4 Å². The van der Waals surface area contributed by atoms with E-state index in [1.54, 1.807) is 0 Å². The summed E-state index contributed by atoms with van der Waals surface area (Å²) in [5.41, 5.74) is 1.56. The Morgan fingerprint density at radius 2 is 1.50 bits per heavy atom. The molecule has 7 heteroatoms. The summed E-state index contributed by atoms with van der Waals surface area (Å²) in [5, 5.41) is 7.51. The van der Waals surface area contributed by atoms with Gasteiger partial charge in [-0.05, 0) is 68.1 Å². The maximum Gasteiger partial charge on any atom is 0.232 e. The second-order valence-electron chi connectivity index (χ2n) is 11.5. The Kier molecular flexibility index (Phi) is 7.94. The van der Waals surface area contributed by atoms with Crippen molar-refractivity contribution >= 4 is 34.9 Å². The molecule has 3 heterocycles. The summed E-state index contributed by atoms with van der Waals surface area (Å²) in [5.74, 6) is 4.02. The van der Waals surface area contributed by atoms with E-state index in [-0.39, 0.29) is 5.41 Å². The maximum atomic E-state index is 5.78. The SMILES string of the molecule is CC1CCCN(c2cc(N3CCCC(C)C3)nc(NC(=S)NCC3(c4ccccc4)CCCC3)n2)C1. The molecule has 2 N–H and O–H groups in total. The van der Waals surface area contributed by atoms with Crippen molar-refractivity contribution in [3.63, 3.8) is 0 Å². The Labute approximate surface area is 222 Å². The molecule has 0 bridgehead atoms. The number of anilines is 3. The van der Waals surface area contributed by atoms with Crippen molar-refractivity contribution in [3.05, 3.63) is 42.0 Å². The minimum absolute atomic E-state index is 0.148. The molecule has 2 aromatic rings. The molecule has 2 atom stereocenters. The second kappa shape index (κ2) is 11.3. The van der Waals surface area contributed by atoms with Gasteiger partial charge in [0, 0.05) is 44.2 Å². The number of nitrogens with one attached hydrogen (secondary N) is 2. The van der Waals surface area contributed by atoms with E-state index in [1.165, 1.54) is 56.9 Å². The largest absolute Gasteiger partial charge is 0.361 e. The van der Waals surface area contributed by atoms with E-state index in [2.05, 4.69) is 70.7 Å². The average molecular weight is 507 g/mol. The fraction of sp³-hybridized carbons (Fsp3) is 0.621. The zero-order chi connectivity index (χ0) is 25.0. The van der Waals surface area contributed by atoms with Gasteiger partial charge >= 0.3 is 0 Å². The van der Waals surface area contributed by atoms with Crippen molar-refractivity contribution in [2.24, 2.45) is 11.8 Å². The van der Waals surface area contributed by atoms with Gasteiger partial charge in [-0.25, -0.2) is 0 Å². The van der Waals surface area contributed by atoms with Crippen molar-refractivity contribution in [2.45, 2.75) is 70.6 Å². The van der Waals surface area contributed by atoms with Gasteiger partial charge in [0.2, 0.25) is 5.95 Å². The molecule has 1 aliphatic carbocycles. The molecule has 1 aromatic carbocycles. The van der Waals surface area contributed by atoms with Crippen LogP contribution in [0.5, 0.6) is 0 Å². The molecule has 3 fully saturated rings. The molecule has 0 spiro atoms. The van der Waals surface area contributed by atoms with Gasteiger partial charge < -0.3 is 20.4 Å². The van der Waals surface area contributed by atoms with E-state index < -0.39 is 0 Å². The smallest absolute Gasteiger partial charge is 0.232 e. The number of hydrogen-bond acceptors (Lipinski definition) is 5. The maximum absolute atomic E-state index is 5.78. The van der Waals surface area contributed by atoms with E-state index in [0.29, 0.717) is 22.9 Å². The van der Waals surface area contributed by atoms with Gasteiger partial charge in [0.05, 0.1) is 0 Å². The van der Waals surface area contributed by atoms with Crippen molar-refractivity contribution < 1.29 is 0 Å². The van der Waals surface area contributed by atoms with E-state index in [0.717, 1.165) is 44.4 Å². The molecule has 3 aliphatic rings. The van der Waals surface area contributed by atoms with Crippen molar-refractivity contribution in [1.29, 1.82) is 0 Å². The monoisotopic (exact) mass is 506 g/mol. The minimum atomic E-state index is 0.148. The first-order valence-electron chi connectivity index (χ1n) is 14.0. The van der Waals surface area contributed by atoms with Crippen LogP contribution in [0.2, 0.25) is 0 Å². The van der Waals surface area contributed by atoms with Gasteiger partial charge in [0.25, 0.3) is 0 Å². The third-order valence-electron chi connectivity index (χ3n) is 8.42. The van der Waals surface area contributed by atoms with Crippen molar-refractivity contribution in [3.8, 4) is 0 Å². The van der Waals surface area contributed by atoms with E-state index >= 15 is 0 Å². The summed E-state index contributed by atoms with van der Waals surface area (Å²) in [6.45, 7) is 9.72. The number of thiocarbonyl (C=S) groups is 1. The topological polar surface area (TPSA) is 56.3 Å².